The summed E-state index contributed by atoms with van der Waals surface area (Å²) in [6, 6.07) is 5.35. The molecule has 0 fully saturated rings. The van der Waals surface area contributed by atoms with Crippen molar-refractivity contribution >= 4 is 27.6 Å². The molecule has 0 bridgehead atoms. The van der Waals surface area contributed by atoms with Crippen molar-refractivity contribution in [3.05, 3.63) is 28.2 Å². The van der Waals surface area contributed by atoms with Gasteiger partial charge in [0.15, 0.2) is 0 Å². The highest BCUT2D eigenvalue weighted by atomic mass is 79.9. The lowest BCUT2D eigenvalue weighted by Crippen LogP contribution is -2.14. The monoisotopic (exact) mass is 299 g/mol. The van der Waals surface area contributed by atoms with Crippen LogP contribution in [0, 0.1) is 5.41 Å². The van der Waals surface area contributed by atoms with Crippen LogP contribution in [0.2, 0.25) is 0 Å². The maximum Gasteiger partial charge on any atom is 0.338 e. The zero-order chi connectivity index (χ0) is 13.1. The molecule has 0 aromatic heterocycles. The summed E-state index contributed by atoms with van der Waals surface area (Å²) < 4.78 is 0.603. The van der Waals surface area contributed by atoms with E-state index >= 15 is 0 Å². The minimum atomic E-state index is -0.921. The maximum absolute atomic E-state index is 11.1. The molecule has 0 saturated heterocycles. The molecule has 4 heteroatoms. The molecular weight excluding hydrogens is 282 g/mol. The van der Waals surface area contributed by atoms with Crippen molar-refractivity contribution in [2.75, 3.05) is 11.9 Å². The molecule has 1 rings (SSSR count). The number of hydrogen-bond acceptors (Lipinski definition) is 2. The van der Waals surface area contributed by atoms with E-state index in [-0.39, 0.29) is 5.41 Å². The van der Waals surface area contributed by atoms with Gasteiger partial charge in [0, 0.05) is 16.7 Å². The SMILES string of the molecule is CC(C)(C)CCNc1cccc(Br)c1C(=O)O. The molecule has 0 saturated carbocycles. The van der Waals surface area contributed by atoms with Crippen LogP contribution in [-0.2, 0) is 0 Å². The van der Waals surface area contributed by atoms with Crippen molar-refractivity contribution in [1.82, 2.24) is 0 Å². The van der Waals surface area contributed by atoms with Crippen LogP contribution >= 0.6 is 15.9 Å². The van der Waals surface area contributed by atoms with Crippen LogP contribution in [0.1, 0.15) is 37.6 Å². The Labute approximate surface area is 110 Å². The van der Waals surface area contributed by atoms with Gasteiger partial charge in [0.25, 0.3) is 0 Å². The zero-order valence-corrected chi connectivity index (χ0v) is 12.0. The molecule has 0 heterocycles. The molecule has 0 atom stereocenters. The van der Waals surface area contributed by atoms with Gasteiger partial charge in [-0.25, -0.2) is 4.79 Å². The normalized spacial score (nSPS) is 11.3. The number of carboxylic acid groups (broad SMARTS) is 1. The average molecular weight is 300 g/mol. The summed E-state index contributed by atoms with van der Waals surface area (Å²) in [6.45, 7) is 7.25. The lowest BCUT2D eigenvalue weighted by atomic mass is 9.92. The number of benzene rings is 1. The number of rotatable bonds is 4. The average Bonchev–Trinajstić information content (AvgIpc) is 2.14. The third-order valence-corrected chi connectivity index (χ3v) is 3.08. The summed E-state index contributed by atoms with van der Waals surface area (Å²) >= 11 is 3.26. The molecular formula is C13H18BrNO2. The number of carboxylic acids is 1. The van der Waals surface area contributed by atoms with E-state index in [1.54, 1.807) is 12.1 Å². The molecule has 17 heavy (non-hydrogen) atoms. The lowest BCUT2D eigenvalue weighted by molar-refractivity contribution is 0.0697. The Morgan fingerprint density at radius 2 is 2.06 bits per heavy atom. The third kappa shape index (κ3) is 4.38. The zero-order valence-electron chi connectivity index (χ0n) is 10.4. The highest BCUT2D eigenvalue weighted by molar-refractivity contribution is 9.10. The predicted molar refractivity (Wildman–Crippen MR) is 73.7 cm³/mol. The lowest BCUT2D eigenvalue weighted by Gasteiger charge is -2.19. The van der Waals surface area contributed by atoms with Crippen molar-refractivity contribution in [2.24, 2.45) is 5.41 Å². The Morgan fingerprint density at radius 3 is 2.59 bits per heavy atom. The molecule has 94 valence electrons. The molecule has 2 N–H and O–H groups in total. The summed E-state index contributed by atoms with van der Waals surface area (Å²) in [7, 11) is 0. The van der Waals surface area contributed by atoms with E-state index in [0.29, 0.717) is 15.7 Å². The van der Waals surface area contributed by atoms with Crippen LogP contribution in [0.15, 0.2) is 22.7 Å². The molecule has 3 nitrogen and oxygen atoms in total. The summed E-state index contributed by atoms with van der Waals surface area (Å²) in [4.78, 5) is 11.1. The molecule has 1 aromatic rings. The van der Waals surface area contributed by atoms with E-state index in [9.17, 15) is 4.79 Å². The smallest absolute Gasteiger partial charge is 0.338 e. The van der Waals surface area contributed by atoms with Gasteiger partial charge in [0.2, 0.25) is 0 Å². The predicted octanol–water partition coefficient (Wildman–Crippen LogP) is 4.00. The molecule has 0 aliphatic carbocycles. The first kappa shape index (κ1) is 14.0. The molecule has 0 aliphatic heterocycles. The number of hydrogen-bond donors (Lipinski definition) is 2. The maximum atomic E-state index is 11.1. The van der Waals surface area contributed by atoms with Crippen LogP contribution in [0.3, 0.4) is 0 Å². The Kier molecular flexibility index (Phi) is 4.57. The minimum absolute atomic E-state index is 0.238. The molecule has 0 radical (unpaired) electrons. The van der Waals surface area contributed by atoms with Gasteiger partial charge in [-0.2, -0.15) is 0 Å². The molecule has 0 aliphatic rings. The molecule has 0 amide bonds. The molecule has 1 aromatic carbocycles. The topological polar surface area (TPSA) is 49.3 Å². The highest BCUT2D eigenvalue weighted by Gasteiger charge is 2.14. The second-order valence-corrected chi connectivity index (χ2v) is 6.06. The molecule has 0 unspecified atom stereocenters. The van der Waals surface area contributed by atoms with E-state index in [0.717, 1.165) is 13.0 Å². The first-order valence-corrected chi connectivity index (χ1v) is 6.36. The number of aromatic carboxylic acids is 1. The first-order chi connectivity index (χ1) is 7.81. The van der Waals surface area contributed by atoms with E-state index in [2.05, 4.69) is 42.0 Å². The van der Waals surface area contributed by atoms with Crippen molar-refractivity contribution < 1.29 is 9.90 Å². The van der Waals surface area contributed by atoms with Gasteiger partial charge in [-0.05, 0) is 39.9 Å². The fraction of sp³-hybridized carbons (Fsp3) is 0.462. The van der Waals surface area contributed by atoms with Crippen LogP contribution in [0.25, 0.3) is 0 Å². The van der Waals surface area contributed by atoms with E-state index < -0.39 is 5.97 Å². The number of nitrogens with one attached hydrogen (secondary N) is 1. The standard InChI is InChI=1S/C13H18BrNO2/c1-13(2,3)7-8-15-10-6-4-5-9(14)11(10)12(16)17/h4-6,15H,7-8H2,1-3H3,(H,16,17). The van der Waals surface area contributed by atoms with Crippen molar-refractivity contribution in [1.29, 1.82) is 0 Å². The van der Waals surface area contributed by atoms with Crippen molar-refractivity contribution in [3.8, 4) is 0 Å². The van der Waals surface area contributed by atoms with Gasteiger partial charge in [-0.15, -0.1) is 0 Å². The van der Waals surface area contributed by atoms with Crippen LogP contribution in [0.4, 0.5) is 5.69 Å². The van der Waals surface area contributed by atoms with Crippen LogP contribution in [-0.4, -0.2) is 17.6 Å². The second kappa shape index (κ2) is 5.54. The van der Waals surface area contributed by atoms with Crippen molar-refractivity contribution in [2.45, 2.75) is 27.2 Å². The van der Waals surface area contributed by atoms with Gasteiger partial charge >= 0.3 is 5.97 Å². The van der Waals surface area contributed by atoms with E-state index in [1.165, 1.54) is 0 Å². The minimum Gasteiger partial charge on any atom is -0.478 e. The largest absolute Gasteiger partial charge is 0.478 e. The summed E-state index contributed by atoms with van der Waals surface area (Å²) in [6.07, 6.45) is 0.985. The molecule has 0 spiro atoms. The Morgan fingerprint density at radius 1 is 1.41 bits per heavy atom. The fourth-order valence-electron chi connectivity index (χ4n) is 1.46. The Hall–Kier alpha value is -1.03. The second-order valence-electron chi connectivity index (χ2n) is 5.20. The number of anilines is 1. The summed E-state index contributed by atoms with van der Waals surface area (Å²) in [5, 5.41) is 12.3. The van der Waals surface area contributed by atoms with Gasteiger partial charge in [0.05, 0.1) is 5.56 Å². The summed E-state index contributed by atoms with van der Waals surface area (Å²) in [5.74, 6) is -0.921. The Balaban J connectivity index is 2.78. The van der Waals surface area contributed by atoms with Gasteiger partial charge in [0.1, 0.15) is 0 Å². The van der Waals surface area contributed by atoms with Gasteiger partial charge in [-0.3, -0.25) is 0 Å². The van der Waals surface area contributed by atoms with E-state index in [1.807, 2.05) is 6.07 Å². The summed E-state index contributed by atoms with van der Waals surface area (Å²) in [5.41, 5.74) is 1.19. The van der Waals surface area contributed by atoms with Gasteiger partial charge in [-0.1, -0.05) is 26.8 Å². The quantitative estimate of drug-likeness (QED) is 0.883. The third-order valence-electron chi connectivity index (χ3n) is 2.42. The van der Waals surface area contributed by atoms with Crippen molar-refractivity contribution in [3.63, 3.8) is 0 Å². The van der Waals surface area contributed by atoms with Crippen LogP contribution in [0.5, 0.6) is 0 Å². The van der Waals surface area contributed by atoms with Gasteiger partial charge < -0.3 is 10.4 Å². The van der Waals surface area contributed by atoms with Crippen LogP contribution < -0.4 is 5.32 Å². The fourth-order valence-corrected chi connectivity index (χ4v) is 2.00. The Bertz CT molecular complexity index is 410. The number of carbonyl (C=O) groups is 1. The number of halogens is 1. The van der Waals surface area contributed by atoms with E-state index in [4.69, 9.17) is 5.11 Å². The highest BCUT2D eigenvalue weighted by Crippen LogP contribution is 2.25. The first-order valence-electron chi connectivity index (χ1n) is 5.57.